The fourth-order valence-electron chi connectivity index (χ4n) is 11.7. The summed E-state index contributed by atoms with van der Waals surface area (Å²) in [7, 11) is 0. The third kappa shape index (κ3) is 6.34. The summed E-state index contributed by atoms with van der Waals surface area (Å²) < 4.78 is 2.99. The molecular formula is C68H46N3+. The van der Waals surface area contributed by atoms with E-state index < -0.39 is 0 Å². The third-order valence-electron chi connectivity index (χ3n) is 14.8. The van der Waals surface area contributed by atoms with Crippen LogP contribution in [0.4, 0.5) is 39.8 Å². The second kappa shape index (κ2) is 16.5. The van der Waals surface area contributed by atoms with Gasteiger partial charge in [0, 0.05) is 64.1 Å². The quantitative estimate of drug-likeness (QED) is 0.138. The predicted molar refractivity (Wildman–Crippen MR) is 300 cm³/mol. The number of anilines is 3. The van der Waals surface area contributed by atoms with Gasteiger partial charge < -0.3 is 9.47 Å². The van der Waals surface area contributed by atoms with Crippen molar-refractivity contribution in [3.05, 3.63) is 279 Å². The van der Waals surface area contributed by atoms with Crippen molar-refractivity contribution in [2.45, 2.75) is 0 Å². The van der Waals surface area contributed by atoms with E-state index in [0.717, 1.165) is 33.9 Å². The highest BCUT2D eigenvalue weighted by Gasteiger charge is 2.49. The van der Waals surface area contributed by atoms with Gasteiger partial charge in [-0.05, 0) is 98.9 Å². The van der Waals surface area contributed by atoms with Crippen molar-refractivity contribution in [1.82, 2.24) is 9.05 Å². The number of hydrogen-bond acceptors (Lipinski definition) is 1. The topological polar surface area (TPSA) is 8.17 Å². The van der Waals surface area contributed by atoms with Crippen molar-refractivity contribution in [3.63, 3.8) is 0 Å². The Morgan fingerprint density at radius 1 is 0.324 bits per heavy atom. The lowest BCUT2D eigenvalue weighted by molar-refractivity contribution is 0.721. The number of benzene rings is 12. The summed E-state index contributed by atoms with van der Waals surface area (Å²) in [5.41, 5.74) is 18.9. The van der Waals surface area contributed by atoms with Gasteiger partial charge >= 0.3 is 0 Å². The second-order valence-electron chi connectivity index (χ2n) is 18.6. The number of rotatable bonds is 8. The maximum Gasteiger partial charge on any atom is 0.158 e. The van der Waals surface area contributed by atoms with Gasteiger partial charge in [0.2, 0.25) is 0 Å². The Balaban J connectivity index is 0.965. The highest BCUT2D eigenvalue weighted by molar-refractivity contribution is 6.22. The highest BCUT2D eigenvalue weighted by Crippen LogP contribution is 2.64. The van der Waals surface area contributed by atoms with E-state index in [4.69, 9.17) is 0 Å². The number of quaternary nitrogens is 1. The van der Waals surface area contributed by atoms with Crippen LogP contribution >= 0.6 is 0 Å². The first-order valence-electron chi connectivity index (χ1n) is 24.5. The lowest BCUT2D eigenvalue weighted by atomic mass is 9.97. The van der Waals surface area contributed by atoms with Crippen molar-refractivity contribution >= 4 is 83.2 Å². The smallest absolute Gasteiger partial charge is 0.158 e. The zero-order valence-electron chi connectivity index (χ0n) is 38.9. The SMILES string of the molecule is c1ccc(N(c2ccccc2)c2ccccc2-c2ccc(-c3ccc4c5c6ccccc6ccc5n(-c5ccc6c(c5)[N+](c5ccccc5)(c5ccccc5)c5ccc7ccccc7c5-6)c4c3)cc2)cc1. The van der Waals surface area contributed by atoms with Gasteiger partial charge in [0.25, 0.3) is 0 Å². The Labute approximate surface area is 413 Å². The van der Waals surface area contributed by atoms with Crippen molar-refractivity contribution in [1.29, 1.82) is 0 Å². The standard InChI is InChI=1S/C68H46N3/c1-5-21-52(22-6-1)69(53-23-7-2-8-24-53)62-32-18-17-29-57(62)50-35-33-47(34-36-50)51-37-41-60-64(45-51)70(63-43-38-48-19-13-15-30-58(48)67(60)63)54-40-42-61-66(46-54)71(55-25-9-3-10-26-55,56-27-11-4-12-28-56)65-44-39-49-20-14-16-31-59(49)68(61)65/h1-46H/q+1. The normalized spacial score (nSPS) is 12.6. The third-order valence-corrected chi connectivity index (χ3v) is 14.8. The molecular weight excluding hydrogens is 859 g/mol. The summed E-state index contributed by atoms with van der Waals surface area (Å²) in [5.74, 6) is 0. The first-order valence-corrected chi connectivity index (χ1v) is 24.5. The first-order chi connectivity index (χ1) is 35.2. The number of aromatic nitrogens is 1. The van der Waals surface area contributed by atoms with Crippen LogP contribution in [-0.2, 0) is 0 Å². The monoisotopic (exact) mass is 904 g/mol. The molecule has 3 nitrogen and oxygen atoms in total. The Bertz CT molecular complexity index is 4060. The zero-order chi connectivity index (χ0) is 46.9. The lowest BCUT2D eigenvalue weighted by Crippen LogP contribution is -2.31. The van der Waals surface area contributed by atoms with Gasteiger partial charge in [-0.15, -0.1) is 0 Å². The van der Waals surface area contributed by atoms with Crippen molar-refractivity contribution in [2.24, 2.45) is 0 Å². The summed E-state index contributed by atoms with van der Waals surface area (Å²) in [6, 6.07) is 102. The molecule has 71 heavy (non-hydrogen) atoms. The van der Waals surface area contributed by atoms with E-state index in [1.165, 1.54) is 88.4 Å². The Morgan fingerprint density at radius 2 is 0.873 bits per heavy atom. The highest BCUT2D eigenvalue weighted by atomic mass is 15.4. The molecule has 332 valence electrons. The number of para-hydroxylation sites is 5. The van der Waals surface area contributed by atoms with Crippen molar-refractivity contribution in [3.8, 4) is 39.1 Å². The lowest BCUT2D eigenvalue weighted by Gasteiger charge is -2.34. The molecule has 0 N–H and O–H groups in total. The van der Waals surface area contributed by atoms with Gasteiger partial charge in [0.1, 0.15) is 11.4 Å². The van der Waals surface area contributed by atoms with Gasteiger partial charge in [-0.25, -0.2) is 0 Å². The number of hydrogen-bond donors (Lipinski definition) is 0. The molecule has 1 aliphatic heterocycles. The van der Waals surface area contributed by atoms with Gasteiger partial charge in [0.05, 0.1) is 33.5 Å². The van der Waals surface area contributed by atoms with Crippen LogP contribution in [0, 0.1) is 0 Å². The van der Waals surface area contributed by atoms with Crippen LogP contribution in [0.5, 0.6) is 0 Å². The summed E-state index contributed by atoms with van der Waals surface area (Å²) in [5, 5.41) is 7.48. The molecule has 14 rings (SSSR count). The molecule has 12 aromatic carbocycles. The van der Waals surface area contributed by atoms with E-state index in [0.29, 0.717) is 4.48 Å². The molecule has 0 saturated carbocycles. The van der Waals surface area contributed by atoms with Crippen molar-refractivity contribution in [2.75, 3.05) is 4.90 Å². The average Bonchev–Trinajstić information content (AvgIpc) is 3.95. The Morgan fingerprint density at radius 3 is 1.56 bits per heavy atom. The first kappa shape index (κ1) is 40.8. The van der Waals surface area contributed by atoms with Crippen LogP contribution in [0.2, 0.25) is 0 Å². The Hall–Kier alpha value is -9.28. The second-order valence-corrected chi connectivity index (χ2v) is 18.6. The molecule has 1 aromatic heterocycles. The number of fused-ring (bicyclic) bond motifs is 10. The summed E-state index contributed by atoms with van der Waals surface area (Å²) in [6.07, 6.45) is 0. The molecule has 1 aliphatic rings. The maximum absolute atomic E-state index is 2.51. The molecule has 13 aromatic rings. The minimum atomic E-state index is 0.472. The maximum atomic E-state index is 2.51. The van der Waals surface area contributed by atoms with Crippen LogP contribution < -0.4 is 9.38 Å². The van der Waals surface area contributed by atoms with Crippen LogP contribution in [0.25, 0.3) is 82.4 Å². The van der Waals surface area contributed by atoms with E-state index in [-0.39, 0.29) is 0 Å². The largest absolute Gasteiger partial charge is 0.310 e. The zero-order valence-corrected chi connectivity index (χ0v) is 38.9. The van der Waals surface area contributed by atoms with Gasteiger partial charge in [-0.2, -0.15) is 4.48 Å². The molecule has 2 heterocycles. The van der Waals surface area contributed by atoms with Gasteiger partial charge in [-0.1, -0.05) is 182 Å². The van der Waals surface area contributed by atoms with E-state index in [1.54, 1.807) is 0 Å². The summed E-state index contributed by atoms with van der Waals surface area (Å²) in [4.78, 5) is 2.35. The predicted octanol–water partition coefficient (Wildman–Crippen LogP) is 19.2. The molecule has 0 unspecified atom stereocenters. The minimum absolute atomic E-state index is 0.472. The molecule has 0 spiro atoms. The average molecular weight is 905 g/mol. The summed E-state index contributed by atoms with van der Waals surface area (Å²) in [6.45, 7) is 0. The fraction of sp³-hybridized carbons (Fsp3) is 0. The van der Waals surface area contributed by atoms with Crippen LogP contribution in [-0.4, -0.2) is 4.57 Å². The minimum Gasteiger partial charge on any atom is -0.310 e. The van der Waals surface area contributed by atoms with Crippen LogP contribution in [0.3, 0.4) is 0 Å². The van der Waals surface area contributed by atoms with E-state index in [1.807, 2.05) is 0 Å². The summed E-state index contributed by atoms with van der Waals surface area (Å²) >= 11 is 0. The molecule has 0 aliphatic carbocycles. The van der Waals surface area contributed by atoms with E-state index in [9.17, 15) is 0 Å². The fourth-order valence-corrected chi connectivity index (χ4v) is 11.7. The molecule has 0 saturated heterocycles. The van der Waals surface area contributed by atoms with E-state index >= 15 is 0 Å². The van der Waals surface area contributed by atoms with Crippen LogP contribution in [0.1, 0.15) is 0 Å². The molecule has 0 fully saturated rings. The Kier molecular flexibility index (Phi) is 9.45. The van der Waals surface area contributed by atoms with E-state index in [2.05, 4.69) is 289 Å². The molecule has 0 amide bonds. The molecule has 0 atom stereocenters. The molecule has 0 radical (unpaired) electrons. The van der Waals surface area contributed by atoms with Gasteiger partial charge in [-0.3, -0.25) is 0 Å². The van der Waals surface area contributed by atoms with Crippen molar-refractivity contribution < 1.29 is 0 Å². The van der Waals surface area contributed by atoms with Gasteiger partial charge in [0.15, 0.2) is 11.4 Å². The van der Waals surface area contributed by atoms with Crippen LogP contribution in [0.15, 0.2) is 279 Å². The number of nitrogens with zero attached hydrogens (tertiary/aromatic N) is 3. The molecule has 3 heteroatoms. The molecule has 0 bridgehead atoms.